The molecule has 0 saturated carbocycles. The molecule has 0 unspecified atom stereocenters. The van der Waals surface area contributed by atoms with E-state index in [1.165, 1.54) is 24.9 Å². The lowest BCUT2D eigenvalue weighted by Crippen LogP contribution is -2.16. The minimum atomic E-state index is -3.97. The van der Waals surface area contributed by atoms with Crippen LogP contribution < -0.4 is 14.8 Å². The molecular formula is C21H19FN2O4S2. The van der Waals surface area contributed by atoms with Crippen LogP contribution >= 0.6 is 11.8 Å². The summed E-state index contributed by atoms with van der Waals surface area (Å²) in [4.78, 5) is 13.1. The molecule has 0 radical (unpaired) electrons. The van der Waals surface area contributed by atoms with Gasteiger partial charge in [-0.1, -0.05) is 18.2 Å². The number of thioether (sulfide) groups is 1. The molecule has 0 aliphatic rings. The number of nitrogens with one attached hydrogen (secondary N) is 2. The van der Waals surface area contributed by atoms with Crippen molar-refractivity contribution in [2.45, 2.75) is 9.79 Å². The zero-order chi connectivity index (χ0) is 21.6. The van der Waals surface area contributed by atoms with E-state index < -0.39 is 15.8 Å². The fourth-order valence-corrected chi connectivity index (χ4v) is 4.33. The Morgan fingerprint density at radius 2 is 1.73 bits per heavy atom. The van der Waals surface area contributed by atoms with Crippen LogP contribution in [0.2, 0.25) is 0 Å². The van der Waals surface area contributed by atoms with Gasteiger partial charge >= 0.3 is 0 Å². The summed E-state index contributed by atoms with van der Waals surface area (Å²) in [5.41, 5.74) is 0.557. The number of ether oxygens (including phenoxy) is 1. The molecule has 0 aliphatic carbocycles. The molecule has 1 amide bonds. The van der Waals surface area contributed by atoms with Gasteiger partial charge in [0.25, 0.3) is 10.0 Å². The second-order valence-corrected chi connectivity index (χ2v) is 8.86. The minimum absolute atomic E-state index is 0.0975. The van der Waals surface area contributed by atoms with E-state index in [0.29, 0.717) is 5.69 Å². The Morgan fingerprint density at radius 3 is 2.40 bits per heavy atom. The van der Waals surface area contributed by atoms with Crippen LogP contribution in [0.1, 0.15) is 0 Å². The van der Waals surface area contributed by atoms with Crippen molar-refractivity contribution >= 4 is 39.1 Å². The first-order valence-electron chi connectivity index (χ1n) is 8.81. The van der Waals surface area contributed by atoms with Crippen molar-refractivity contribution in [2.75, 3.05) is 22.9 Å². The Bertz CT molecular complexity index is 1120. The third kappa shape index (κ3) is 5.74. The van der Waals surface area contributed by atoms with Gasteiger partial charge in [0.1, 0.15) is 11.6 Å². The number of benzene rings is 3. The first-order chi connectivity index (χ1) is 14.4. The van der Waals surface area contributed by atoms with Crippen molar-refractivity contribution in [1.82, 2.24) is 0 Å². The Labute approximate surface area is 178 Å². The molecule has 6 nitrogen and oxygen atoms in total. The second-order valence-electron chi connectivity index (χ2n) is 6.12. The monoisotopic (exact) mass is 446 g/mol. The molecule has 9 heteroatoms. The highest BCUT2D eigenvalue weighted by Gasteiger charge is 2.17. The Hall–Kier alpha value is -3.04. The molecule has 0 fully saturated rings. The van der Waals surface area contributed by atoms with Gasteiger partial charge in [0.05, 0.1) is 23.4 Å². The van der Waals surface area contributed by atoms with Gasteiger partial charge in [0.15, 0.2) is 0 Å². The van der Waals surface area contributed by atoms with Crippen molar-refractivity contribution in [1.29, 1.82) is 0 Å². The predicted octanol–water partition coefficient (Wildman–Crippen LogP) is 4.37. The quantitative estimate of drug-likeness (QED) is 0.502. The number of methoxy groups -OCH3 is 1. The van der Waals surface area contributed by atoms with Crippen LogP contribution in [0.4, 0.5) is 15.8 Å². The lowest BCUT2D eigenvalue weighted by atomic mass is 10.2. The van der Waals surface area contributed by atoms with Gasteiger partial charge in [-0.15, -0.1) is 11.8 Å². The molecule has 0 spiro atoms. The topological polar surface area (TPSA) is 84.5 Å². The van der Waals surface area contributed by atoms with Crippen molar-refractivity contribution in [3.05, 3.63) is 78.6 Å². The van der Waals surface area contributed by atoms with Crippen LogP contribution in [-0.4, -0.2) is 27.2 Å². The summed E-state index contributed by atoms with van der Waals surface area (Å²) in [6.45, 7) is 0. The summed E-state index contributed by atoms with van der Waals surface area (Å²) in [5, 5.41) is 2.74. The summed E-state index contributed by atoms with van der Waals surface area (Å²) in [6, 6.07) is 18.6. The standard InChI is InChI=1S/C21H19FN2O4S2/c1-28-20-12-9-16(23-21(25)14-29-17-5-3-2-4-6-17)13-19(20)24-30(26,27)18-10-7-15(22)8-11-18/h2-13,24H,14H2,1H3,(H,23,25). The van der Waals surface area contributed by atoms with Gasteiger partial charge in [-0.05, 0) is 54.6 Å². The zero-order valence-electron chi connectivity index (χ0n) is 16.0. The maximum atomic E-state index is 13.1. The molecule has 3 rings (SSSR count). The van der Waals surface area contributed by atoms with Gasteiger partial charge in [-0.3, -0.25) is 9.52 Å². The number of carbonyl (C=O) groups is 1. The lowest BCUT2D eigenvalue weighted by Gasteiger charge is -2.14. The molecular weight excluding hydrogens is 427 g/mol. The smallest absolute Gasteiger partial charge is 0.262 e. The number of rotatable bonds is 8. The third-order valence-corrected chi connectivity index (χ3v) is 6.36. The van der Waals surface area contributed by atoms with E-state index in [1.54, 1.807) is 12.1 Å². The molecule has 0 aliphatic heterocycles. The van der Waals surface area contributed by atoms with Gasteiger partial charge in [0.2, 0.25) is 5.91 Å². The molecule has 0 atom stereocenters. The highest BCUT2D eigenvalue weighted by atomic mass is 32.2. The molecule has 0 heterocycles. The van der Waals surface area contributed by atoms with Gasteiger partial charge in [-0.2, -0.15) is 0 Å². The third-order valence-electron chi connectivity index (χ3n) is 3.96. The molecule has 3 aromatic carbocycles. The Morgan fingerprint density at radius 1 is 1.03 bits per heavy atom. The van der Waals surface area contributed by atoms with Crippen LogP contribution in [0.25, 0.3) is 0 Å². The largest absolute Gasteiger partial charge is 0.495 e. The van der Waals surface area contributed by atoms with Crippen molar-refractivity contribution in [2.24, 2.45) is 0 Å². The first-order valence-corrected chi connectivity index (χ1v) is 11.3. The number of halogens is 1. The molecule has 156 valence electrons. The van der Waals surface area contributed by atoms with E-state index in [1.807, 2.05) is 30.3 Å². The number of hydrogen-bond donors (Lipinski definition) is 2. The maximum Gasteiger partial charge on any atom is 0.262 e. The van der Waals surface area contributed by atoms with E-state index in [-0.39, 0.29) is 28.0 Å². The van der Waals surface area contributed by atoms with Gasteiger partial charge < -0.3 is 10.1 Å². The van der Waals surface area contributed by atoms with Crippen molar-refractivity contribution in [3.63, 3.8) is 0 Å². The number of anilines is 2. The van der Waals surface area contributed by atoms with E-state index in [4.69, 9.17) is 4.74 Å². The highest BCUT2D eigenvalue weighted by molar-refractivity contribution is 8.00. The first kappa shape index (κ1) is 21.7. The molecule has 0 saturated heterocycles. The van der Waals surface area contributed by atoms with Gasteiger partial charge in [-0.25, -0.2) is 12.8 Å². The summed E-state index contributed by atoms with van der Waals surface area (Å²) in [5.74, 6) is -0.296. The molecule has 0 aromatic heterocycles. The maximum absolute atomic E-state index is 13.1. The summed E-state index contributed by atoms with van der Waals surface area (Å²) in [6.07, 6.45) is 0. The highest BCUT2D eigenvalue weighted by Crippen LogP contribution is 2.30. The van der Waals surface area contributed by atoms with Crippen LogP contribution in [0.5, 0.6) is 5.75 Å². The molecule has 3 aromatic rings. The molecule has 2 N–H and O–H groups in total. The Kier molecular flexibility index (Phi) is 6.96. The number of amides is 1. The average Bonchev–Trinajstić information content (AvgIpc) is 2.73. The van der Waals surface area contributed by atoms with Crippen LogP contribution in [0.15, 0.2) is 82.6 Å². The number of sulfonamides is 1. The fourth-order valence-electron chi connectivity index (χ4n) is 2.55. The zero-order valence-corrected chi connectivity index (χ0v) is 17.6. The summed E-state index contributed by atoms with van der Waals surface area (Å²) < 4.78 is 45.9. The second kappa shape index (κ2) is 9.64. The van der Waals surface area contributed by atoms with E-state index in [9.17, 15) is 17.6 Å². The van der Waals surface area contributed by atoms with Gasteiger partial charge in [0, 0.05) is 10.6 Å². The Balaban J connectivity index is 1.73. The summed E-state index contributed by atoms with van der Waals surface area (Å²) >= 11 is 1.39. The number of carbonyl (C=O) groups excluding carboxylic acids is 1. The minimum Gasteiger partial charge on any atom is -0.495 e. The summed E-state index contributed by atoms with van der Waals surface area (Å²) in [7, 11) is -2.57. The normalized spacial score (nSPS) is 11.0. The van der Waals surface area contributed by atoms with Crippen molar-refractivity contribution in [3.8, 4) is 5.75 Å². The SMILES string of the molecule is COc1ccc(NC(=O)CSc2ccccc2)cc1NS(=O)(=O)c1ccc(F)cc1. The van der Waals surface area contributed by atoms with Crippen LogP contribution in [-0.2, 0) is 14.8 Å². The number of hydrogen-bond acceptors (Lipinski definition) is 5. The van der Waals surface area contributed by atoms with E-state index in [2.05, 4.69) is 10.0 Å². The predicted molar refractivity (Wildman–Crippen MR) is 116 cm³/mol. The molecule has 30 heavy (non-hydrogen) atoms. The fraction of sp³-hybridized carbons (Fsp3) is 0.0952. The van der Waals surface area contributed by atoms with Crippen LogP contribution in [0, 0.1) is 5.82 Å². The van der Waals surface area contributed by atoms with E-state index >= 15 is 0 Å². The van der Waals surface area contributed by atoms with Crippen molar-refractivity contribution < 1.29 is 22.3 Å². The molecule has 0 bridgehead atoms. The van der Waals surface area contributed by atoms with E-state index in [0.717, 1.165) is 29.2 Å². The van der Waals surface area contributed by atoms with Crippen LogP contribution in [0.3, 0.4) is 0 Å². The average molecular weight is 447 g/mol. The lowest BCUT2D eigenvalue weighted by molar-refractivity contribution is -0.113.